The second-order valence-electron chi connectivity index (χ2n) is 3.76. The number of thiophene rings is 1. The number of nitrogens with one attached hydrogen (secondary N) is 1. The predicted molar refractivity (Wildman–Crippen MR) is 84.7 cm³/mol. The Labute approximate surface area is 130 Å². The fourth-order valence-corrected chi connectivity index (χ4v) is 2.58. The maximum atomic E-state index is 12.0. The summed E-state index contributed by atoms with van der Waals surface area (Å²) in [6.07, 6.45) is 0. The van der Waals surface area contributed by atoms with E-state index in [1.165, 1.54) is 11.3 Å². The topological polar surface area (TPSA) is 55.1 Å². The summed E-state index contributed by atoms with van der Waals surface area (Å²) in [5.74, 6) is 5.36. The zero-order valence-corrected chi connectivity index (χ0v) is 12.6. The van der Waals surface area contributed by atoms with Crippen LogP contribution in [-0.4, -0.2) is 12.5 Å². The molecule has 1 aromatic heterocycles. The van der Waals surface area contributed by atoms with Gasteiger partial charge in [-0.05, 0) is 30.3 Å². The molecule has 0 aliphatic rings. The van der Waals surface area contributed by atoms with Crippen molar-refractivity contribution in [2.24, 2.45) is 5.73 Å². The lowest BCUT2D eigenvalue weighted by molar-refractivity contribution is 0.103. The number of hydrogen-bond donors (Lipinski definition) is 2. The maximum Gasteiger partial charge on any atom is 0.265 e. The van der Waals surface area contributed by atoms with E-state index >= 15 is 0 Å². The quantitative estimate of drug-likeness (QED) is 0.829. The molecular weight excluding hydrogens is 315 g/mol. The van der Waals surface area contributed by atoms with Gasteiger partial charge in [0.2, 0.25) is 0 Å². The fourth-order valence-electron chi connectivity index (χ4n) is 1.47. The van der Waals surface area contributed by atoms with Crippen LogP contribution in [0.1, 0.15) is 15.2 Å². The Morgan fingerprint density at radius 3 is 2.75 bits per heavy atom. The van der Waals surface area contributed by atoms with Gasteiger partial charge in [0.1, 0.15) is 0 Å². The molecule has 1 heterocycles. The lowest BCUT2D eigenvalue weighted by Gasteiger charge is -2.05. The molecule has 0 unspecified atom stereocenters. The van der Waals surface area contributed by atoms with Crippen LogP contribution in [0.5, 0.6) is 0 Å². The number of hydrogen-bond acceptors (Lipinski definition) is 3. The van der Waals surface area contributed by atoms with Crippen molar-refractivity contribution in [3.63, 3.8) is 0 Å². The van der Waals surface area contributed by atoms with Crippen LogP contribution in [0, 0.1) is 11.8 Å². The zero-order chi connectivity index (χ0) is 14.5. The van der Waals surface area contributed by atoms with E-state index in [9.17, 15) is 4.79 Å². The Kier molecular flexibility index (Phi) is 5.05. The predicted octanol–water partition coefficient (Wildman–Crippen LogP) is 3.62. The number of benzene rings is 1. The summed E-state index contributed by atoms with van der Waals surface area (Å²) < 4.78 is 0.570. The van der Waals surface area contributed by atoms with Gasteiger partial charge >= 0.3 is 0 Å². The highest BCUT2D eigenvalue weighted by atomic mass is 35.5. The molecule has 0 aliphatic carbocycles. The highest BCUT2D eigenvalue weighted by molar-refractivity contribution is 7.18. The standard InChI is InChI=1S/C14H10Cl2N2OS/c15-11-4-3-10(8-9(11)2-1-7-17)18-14(19)12-5-6-13(16)20-12/h3-6,8H,7,17H2,(H,18,19). The van der Waals surface area contributed by atoms with Crippen LogP contribution >= 0.6 is 34.5 Å². The first-order valence-corrected chi connectivity index (χ1v) is 7.22. The number of halogens is 2. The van der Waals surface area contributed by atoms with Gasteiger partial charge in [-0.1, -0.05) is 35.0 Å². The molecule has 3 N–H and O–H groups in total. The smallest absolute Gasteiger partial charge is 0.265 e. The second kappa shape index (κ2) is 6.78. The summed E-state index contributed by atoms with van der Waals surface area (Å²) in [7, 11) is 0. The van der Waals surface area contributed by atoms with E-state index in [2.05, 4.69) is 17.2 Å². The molecule has 1 aromatic carbocycles. The van der Waals surface area contributed by atoms with Gasteiger partial charge in [-0.15, -0.1) is 11.3 Å². The maximum absolute atomic E-state index is 12.0. The summed E-state index contributed by atoms with van der Waals surface area (Å²) in [6.45, 7) is 0.251. The van der Waals surface area contributed by atoms with E-state index in [1.54, 1.807) is 30.3 Å². The third-order valence-electron chi connectivity index (χ3n) is 2.35. The van der Waals surface area contributed by atoms with Crippen molar-refractivity contribution in [3.8, 4) is 11.8 Å². The minimum atomic E-state index is -0.220. The van der Waals surface area contributed by atoms with Gasteiger partial charge in [0.15, 0.2) is 0 Å². The summed E-state index contributed by atoms with van der Waals surface area (Å²) >= 11 is 13.0. The van der Waals surface area contributed by atoms with E-state index in [1.807, 2.05) is 0 Å². The molecule has 0 aliphatic heterocycles. The highest BCUT2D eigenvalue weighted by Gasteiger charge is 2.09. The molecule has 20 heavy (non-hydrogen) atoms. The molecule has 0 spiro atoms. The number of carbonyl (C=O) groups is 1. The third-order valence-corrected chi connectivity index (χ3v) is 3.91. The molecule has 1 amide bonds. The van der Waals surface area contributed by atoms with Gasteiger partial charge in [0, 0.05) is 11.3 Å². The minimum absolute atomic E-state index is 0.220. The van der Waals surface area contributed by atoms with Gasteiger partial charge in [0.25, 0.3) is 5.91 Å². The summed E-state index contributed by atoms with van der Waals surface area (Å²) in [6, 6.07) is 8.45. The largest absolute Gasteiger partial charge is 0.321 e. The Hall–Kier alpha value is -1.51. The van der Waals surface area contributed by atoms with Crippen molar-refractivity contribution >= 4 is 46.1 Å². The Morgan fingerprint density at radius 1 is 1.30 bits per heavy atom. The van der Waals surface area contributed by atoms with E-state index in [0.717, 1.165) is 0 Å². The summed E-state index contributed by atoms with van der Waals surface area (Å²) in [5.41, 5.74) is 6.57. The lowest BCUT2D eigenvalue weighted by atomic mass is 10.2. The van der Waals surface area contributed by atoms with Crippen LogP contribution in [0.25, 0.3) is 0 Å². The second-order valence-corrected chi connectivity index (χ2v) is 5.88. The van der Waals surface area contributed by atoms with E-state index < -0.39 is 0 Å². The van der Waals surface area contributed by atoms with E-state index in [4.69, 9.17) is 28.9 Å². The molecule has 0 radical (unpaired) electrons. The number of amides is 1. The molecule has 2 aromatic rings. The van der Waals surface area contributed by atoms with Crippen molar-refractivity contribution in [2.75, 3.05) is 11.9 Å². The molecule has 2 rings (SSSR count). The summed E-state index contributed by atoms with van der Waals surface area (Å²) in [4.78, 5) is 12.5. The third kappa shape index (κ3) is 3.75. The molecule has 0 bridgehead atoms. The molecule has 0 atom stereocenters. The normalized spacial score (nSPS) is 9.75. The molecule has 0 saturated heterocycles. The van der Waals surface area contributed by atoms with Gasteiger partial charge in [0.05, 0.1) is 20.8 Å². The van der Waals surface area contributed by atoms with Crippen LogP contribution in [0.15, 0.2) is 30.3 Å². The number of nitrogens with two attached hydrogens (primary N) is 1. The van der Waals surface area contributed by atoms with Crippen LogP contribution in [-0.2, 0) is 0 Å². The van der Waals surface area contributed by atoms with Crippen molar-refractivity contribution in [3.05, 3.63) is 50.1 Å². The van der Waals surface area contributed by atoms with Gasteiger partial charge < -0.3 is 11.1 Å². The van der Waals surface area contributed by atoms with Crippen LogP contribution in [0.3, 0.4) is 0 Å². The highest BCUT2D eigenvalue weighted by Crippen LogP contribution is 2.24. The monoisotopic (exact) mass is 324 g/mol. The molecule has 0 saturated carbocycles. The average molecular weight is 325 g/mol. The minimum Gasteiger partial charge on any atom is -0.321 e. The molecule has 0 fully saturated rings. The van der Waals surface area contributed by atoms with Crippen LogP contribution in [0.2, 0.25) is 9.36 Å². The lowest BCUT2D eigenvalue weighted by Crippen LogP contribution is -2.10. The van der Waals surface area contributed by atoms with Crippen molar-refractivity contribution in [1.82, 2.24) is 0 Å². The first-order valence-electron chi connectivity index (χ1n) is 5.65. The number of carbonyl (C=O) groups excluding carboxylic acids is 1. The number of anilines is 1. The van der Waals surface area contributed by atoms with Gasteiger partial charge in [-0.3, -0.25) is 4.79 Å². The summed E-state index contributed by atoms with van der Waals surface area (Å²) in [5, 5.41) is 3.29. The first kappa shape index (κ1) is 14.9. The van der Waals surface area contributed by atoms with Crippen molar-refractivity contribution in [2.45, 2.75) is 0 Å². The van der Waals surface area contributed by atoms with E-state index in [0.29, 0.717) is 25.5 Å². The zero-order valence-electron chi connectivity index (χ0n) is 10.2. The Morgan fingerprint density at radius 2 is 2.10 bits per heavy atom. The van der Waals surface area contributed by atoms with E-state index in [-0.39, 0.29) is 12.5 Å². The Balaban J connectivity index is 2.19. The van der Waals surface area contributed by atoms with Crippen molar-refractivity contribution in [1.29, 1.82) is 0 Å². The molecular formula is C14H10Cl2N2OS. The molecule has 6 heteroatoms. The average Bonchev–Trinajstić information content (AvgIpc) is 2.86. The molecule has 102 valence electrons. The van der Waals surface area contributed by atoms with Crippen molar-refractivity contribution < 1.29 is 4.79 Å². The van der Waals surface area contributed by atoms with Crippen LogP contribution < -0.4 is 11.1 Å². The fraction of sp³-hybridized carbons (Fsp3) is 0.0714. The first-order chi connectivity index (χ1) is 9.60. The van der Waals surface area contributed by atoms with Gasteiger partial charge in [-0.25, -0.2) is 0 Å². The Bertz CT molecular complexity index is 701. The van der Waals surface area contributed by atoms with Gasteiger partial charge in [-0.2, -0.15) is 0 Å². The molecule has 3 nitrogen and oxygen atoms in total. The SMILES string of the molecule is NCC#Cc1cc(NC(=O)c2ccc(Cl)s2)ccc1Cl. The van der Waals surface area contributed by atoms with Crippen LogP contribution in [0.4, 0.5) is 5.69 Å². The number of rotatable bonds is 2.